The smallest absolute Gasteiger partial charge is 0.307 e. The minimum Gasteiger partial charge on any atom is -0.456 e. The van der Waals surface area contributed by atoms with Crippen LogP contribution in [0.2, 0.25) is 0 Å². The average Bonchev–Trinajstić information content (AvgIpc) is 2.78. The number of carbonyl (C=O) groups excluding carboxylic acids is 2. The van der Waals surface area contributed by atoms with E-state index in [1.54, 1.807) is 12.1 Å². The molecule has 0 radical (unpaired) electrons. The van der Waals surface area contributed by atoms with Gasteiger partial charge in [-0.25, -0.2) is 13.1 Å². The first-order valence-corrected chi connectivity index (χ1v) is 11.4. The van der Waals surface area contributed by atoms with Crippen LogP contribution in [0.1, 0.15) is 12.0 Å². The zero-order valence-electron chi connectivity index (χ0n) is 16.9. The molecule has 0 aromatic heterocycles. The molecule has 1 amide bonds. The fourth-order valence-electron chi connectivity index (χ4n) is 2.97. The van der Waals surface area contributed by atoms with E-state index in [1.807, 2.05) is 54.6 Å². The SMILES string of the molecule is O=C(COC(=O)CCNS(=O)(=O)c1ccc2ccccc2c1)NCCc1ccccc1. The van der Waals surface area contributed by atoms with Crippen molar-refractivity contribution < 1.29 is 22.7 Å². The second-order valence-corrected chi connectivity index (χ2v) is 8.67. The van der Waals surface area contributed by atoms with Gasteiger partial charge in [-0.3, -0.25) is 9.59 Å². The lowest BCUT2D eigenvalue weighted by molar-refractivity contribution is -0.148. The number of hydrogen-bond donors (Lipinski definition) is 2. The molecule has 8 heteroatoms. The minimum atomic E-state index is -3.75. The van der Waals surface area contributed by atoms with Gasteiger partial charge in [0.15, 0.2) is 6.61 Å². The molecule has 0 saturated heterocycles. The quantitative estimate of drug-likeness (QED) is 0.472. The Morgan fingerprint density at radius 1 is 0.839 bits per heavy atom. The first-order valence-electron chi connectivity index (χ1n) is 9.89. The number of hydrogen-bond acceptors (Lipinski definition) is 5. The van der Waals surface area contributed by atoms with Gasteiger partial charge in [0.05, 0.1) is 11.3 Å². The summed E-state index contributed by atoms with van der Waals surface area (Å²) in [5, 5.41) is 4.42. The Kier molecular flexibility index (Phi) is 7.75. The summed E-state index contributed by atoms with van der Waals surface area (Å²) in [4.78, 5) is 23.7. The fourth-order valence-corrected chi connectivity index (χ4v) is 4.03. The van der Waals surface area contributed by atoms with Gasteiger partial charge < -0.3 is 10.1 Å². The summed E-state index contributed by atoms with van der Waals surface area (Å²) < 4.78 is 32.1. The van der Waals surface area contributed by atoms with Crippen molar-refractivity contribution in [1.82, 2.24) is 10.0 Å². The lowest BCUT2D eigenvalue weighted by atomic mass is 10.1. The summed E-state index contributed by atoms with van der Waals surface area (Å²) in [5.74, 6) is -1.06. The molecule has 0 spiro atoms. The molecular formula is C23H24N2O5S. The van der Waals surface area contributed by atoms with E-state index in [-0.39, 0.29) is 17.9 Å². The van der Waals surface area contributed by atoms with Crippen molar-refractivity contribution in [3.8, 4) is 0 Å². The van der Waals surface area contributed by atoms with Crippen LogP contribution < -0.4 is 10.0 Å². The highest BCUT2D eigenvalue weighted by Gasteiger charge is 2.15. The second kappa shape index (κ2) is 10.7. The molecule has 3 rings (SSSR count). The number of ether oxygens (including phenoxy) is 1. The van der Waals surface area contributed by atoms with Crippen molar-refractivity contribution in [1.29, 1.82) is 0 Å². The summed E-state index contributed by atoms with van der Waals surface area (Å²) in [5.41, 5.74) is 1.10. The Hall–Kier alpha value is -3.23. The third-order valence-corrected chi connectivity index (χ3v) is 6.05. The predicted molar refractivity (Wildman–Crippen MR) is 118 cm³/mol. The first kappa shape index (κ1) is 22.5. The molecule has 3 aromatic carbocycles. The van der Waals surface area contributed by atoms with Gasteiger partial charge in [0, 0.05) is 13.1 Å². The van der Waals surface area contributed by atoms with Gasteiger partial charge in [0.1, 0.15) is 0 Å². The third kappa shape index (κ3) is 6.91. The van der Waals surface area contributed by atoms with Gasteiger partial charge in [-0.1, -0.05) is 60.7 Å². The number of nitrogens with one attached hydrogen (secondary N) is 2. The maximum atomic E-state index is 12.4. The summed E-state index contributed by atoms with van der Waals surface area (Å²) in [6.45, 7) is -0.0827. The van der Waals surface area contributed by atoms with Gasteiger partial charge in [-0.05, 0) is 34.9 Å². The number of amides is 1. The van der Waals surface area contributed by atoms with E-state index in [9.17, 15) is 18.0 Å². The van der Waals surface area contributed by atoms with Crippen LogP contribution in [0.5, 0.6) is 0 Å². The van der Waals surface area contributed by atoms with E-state index in [1.165, 1.54) is 6.07 Å². The van der Waals surface area contributed by atoms with Crippen LogP contribution in [0, 0.1) is 0 Å². The van der Waals surface area contributed by atoms with Crippen molar-refractivity contribution in [3.05, 3.63) is 78.4 Å². The topological polar surface area (TPSA) is 102 Å². The molecule has 0 bridgehead atoms. The summed E-state index contributed by atoms with van der Waals surface area (Å²) in [7, 11) is -3.75. The van der Waals surface area contributed by atoms with Crippen molar-refractivity contribution in [3.63, 3.8) is 0 Å². The maximum absolute atomic E-state index is 12.4. The normalized spacial score (nSPS) is 11.2. The molecule has 3 aromatic rings. The molecule has 0 fully saturated rings. The van der Waals surface area contributed by atoms with Gasteiger partial charge in [-0.2, -0.15) is 0 Å². The van der Waals surface area contributed by atoms with Gasteiger partial charge in [0.25, 0.3) is 5.91 Å². The minimum absolute atomic E-state index is 0.121. The van der Waals surface area contributed by atoms with Crippen LogP contribution in [-0.2, 0) is 30.8 Å². The predicted octanol–water partition coefficient (Wildman–Crippen LogP) is 2.41. The van der Waals surface area contributed by atoms with E-state index in [0.717, 1.165) is 16.3 Å². The zero-order chi connectivity index (χ0) is 22.1. The molecule has 7 nitrogen and oxygen atoms in total. The third-order valence-electron chi connectivity index (χ3n) is 4.60. The number of esters is 1. The maximum Gasteiger partial charge on any atom is 0.307 e. The molecular weight excluding hydrogens is 416 g/mol. The number of benzene rings is 3. The van der Waals surface area contributed by atoms with Gasteiger partial charge >= 0.3 is 5.97 Å². The molecule has 0 heterocycles. The van der Waals surface area contributed by atoms with E-state index >= 15 is 0 Å². The van der Waals surface area contributed by atoms with Crippen LogP contribution in [0.3, 0.4) is 0 Å². The average molecular weight is 441 g/mol. The van der Waals surface area contributed by atoms with E-state index in [4.69, 9.17) is 4.74 Å². The molecule has 0 aliphatic heterocycles. The molecule has 0 aliphatic rings. The monoisotopic (exact) mass is 440 g/mol. The van der Waals surface area contributed by atoms with Crippen molar-refractivity contribution in [2.24, 2.45) is 0 Å². The molecule has 2 N–H and O–H groups in total. The van der Waals surface area contributed by atoms with Crippen molar-refractivity contribution >= 4 is 32.7 Å². The molecule has 31 heavy (non-hydrogen) atoms. The van der Waals surface area contributed by atoms with Gasteiger partial charge in [0.2, 0.25) is 10.0 Å². The number of fused-ring (bicyclic) bond motifs is 1. The lowest BCUT2D eigenvalue weighted by Gasteiger charge is -2.09. The lowest BCUT2D eigenvalue weighted by Crippen LogP contribution is -2.31. The molecule has 0 unspecified atom stereocenters. The Morgan fingerprint density at radius 3 is 2.32 bits per heavy atom. The van der Waals surface area contributed by atoms with Crippen LogP contribution >= 0.6 is 0 Å². The second-order valence-electron chi connectivity index (χ2n) is 6.90. The van der Waals surface area contributed by atoms with Crippen LogP contribution in [0.15, 0.2) is 77.7 Å². The summed E-state index contributed by atoms with van der Waals surface area (Å²) >= 11 is 0. The highest BCUT2D eigenvalue weighted by Crippen LogP contribution is 2.18. The van der Waals surface area contributed by atoms with Crippen LogP contribution in [0.25, 0.3) is 10.8 Å². The van der Waals surface area contributed by atoms with Crippen LogP contribution in [0.4, 0.5) is 0 Å². The zero-order valence-corrected chi connectivity index (χ0v) is 17.7. The standard InChI is InChI=1S/C23H24N2O5S/c26-22(24-14-12-18-6-2-1-3-7-18)17-30-23(27)13-15-25-31(28,29)21-11-10-19-8-4-5-9-20(19)16-21/h1-11,16,25H,12-15,17H2,(H,24,26). The van der Waals surface area contributed by atoms with Crippen molar-refractivity contribution in [2.45, 2.75) is 17.7 Å². The highest BCUT2D eigenvalue weighted by molar-refractivity contribution is 7.89. The van der Waals surface area contributed by atoms with Gasteiger partial charge in [-0.15, -0.1) is 0 Å². The van der Waals surface area contributed by atoms with Crippen molar-refractivity contribution in [2.75, 3.05) is 19.7 Å². The first-order chi connectivity index (χ1) is 14.9. The number of rotatable bonds is 10. The van der Waals surface area contributed by atoms with Crippen LogP contribution in [-0.4, -0.2) is 40.0 Å². The number of carbonyl (C=O) groups is 2. The Bertz CT molecular complexity index is 1150. The Balaban J connectivity index is 1.37. The van der Waals surface area contributed by atoms with E-state index in [2.05, 4.69) is 10.0 Å². The fraction of sp³-hybridized carbons (Fsp3) is 0.217. The Labute approximate surface area is 181 Å². The Morgan fingerprint density at radius 2 is 1.55 bits per heavy atom. The molecule has 0 aliphatic carbocycles. The molecule has 162 valence electrons. The largest absolute Gasteiger partial charge is 0.456 e. The summed E-state index contributed by atoms with van der Waals surface area (Å²) in [6.07, 6.45) is 0.501. The van der Waals surface area contributed by atoms with E-state index < -0.39 is 28.5 Å². The summed E-state index contributed by atoms with van der Waals surface area (Å²) in [6, 6.07) is 22.0. The number of sulfonamides is 1. The van der Waals surface area contributed by atoms with E-state index in [0.29, 0.717) is 13.0 Å². The molecule has 0 atom stereocenters. The highest BCUT2D eigenvalue weighted by atomic mass is 32.2. The molecule has 0 saturated carbocycles.